The Balaban J connectivity index is 0.676. The molecule has 7 aliphatic heterocycles. The molecule has 0 radical (unpaired) electrons. The number of carbonyl (C=O) groups is 5. The molecule has 38 atom stereocenters. The molecule has 1 N–H and O–H groups in total. The summed E-state index contributed by atoms with van der Waals surface area (Å²) in [5.74, 6) is -2.74. The van der Waals surface area contributed by atoms with Crippen molar-refractivity contribution in [2.75, 3.05) is 26.9 Å². The van der Waals surface area contributed by atoms with Gasteiger partial charge in [-0.2, -0.15) is 0 Å². The van der Waals surface area contributed by atoms with Crippen LogP contribution in [0.2, 0.25) is 0 Å². The Bertz CT molecular complexity index is 4850. The normalized spacial score (nSPS) is 41.2. The molecule has 7 heterocycles. The quantitative estimate of drug-likeness (QED) is 0.0142. The summed E-state index contributed by atoms with van der Waals surface area (Å²) in [6.07, 6.45) is 2.65. The largest absolute Gasteiger partial charge is 0.461 e. The van der Waals surface area contributed by atoms with Crippen molar-refractivity contribution in [1.82, 2.24) is 5.32 Å². The standard InChI is InChI=1S/C119H173NO24/c1-22-88-74(5)73(4)76(7)108(134-88)141-104-100(138-106-75(6)72(3)71(2)63-131-106)78(9)98(80(11)122)137-110(104)136-93-56-57-115(17)91(116(93,18)70-121)55-58-117(19)92(115)54-53-86-87-61-113(13,14)59-60-119(87,94(126-21)62-118(86,117)20)112(125)142-109-101(77(8)97(89(135-109)68-127-64-82-43-33-29-34-44-82)120-95(123)51-41-27-25-23-24-26-28-42-52-96(124)129-66-84-47-37-31-38-48-84)139-111-105-103(143-114(15,16)144-105)102(81(12)133-111)140-107-79(10)99(130-67-85-49-39-32-40-50-85)90(69-132-107)128-65-83-45-35-30-36-46-83/h29-40,43-50,53,70-79,81,87-94,97-111H,22-28,41-42,51-52,54-69H2,1-21H3,(H,120,123)/t71-,72+,73+,74-,75?,76?,77?,78-,79?,81?,87?,88?,89?,90-,91-,92?,93+,94?,97-,98?,99?,100+,101?,102+,103?,104?,105?,106+,107+,108+,109-,110-,111+,115?,116-,117+,118-,119-/m1/s1. The number of amides is 1. The van der Waals surface area contributed by atoms with Crippen LogP contribution in [0.5, 0.6) is 0 Å². The first kappa shape index (κ1) is 110. The molecule has 0 bridgehead atoms. The van der Waals surface area contributed by atoms with Crippen molar-refractivity contribution in [3.8, 4) is 0 Å². The fraction of sp³-hybridized carbons (Fsp3) is 0.739. The second kappa shape index (κ2) is 47.3. The van der Waals surface area contributed by atoms with Crippen molar-refractivity contribution in [2.24, 2.45) is 104 Å². The topological polar surface area (TPSA) is 273 Å². The number of ketones is 1. The first-order chi connectivity index (χ1) is 68.9. The molecule has 4 aromatic rings. The van der Waals surface area contributed by atoms with E-state index in [0.29, 0.717) is 88.9 Å². The summed E-state index contributed by atoms with van der Waals surface area (Å²) in [7, 11) is 1.76. The number of fused-ring (bicyclic) bond motifs is 8. The Kier molecular flexibility index (Phi) is 36.2. The highest BCUT2D eigenvalue weighted by molar-refractivity contribution is 5.81. The summed E-state index contributed by atoms with van der Waals surface area (Å²) in [6, 6.07) is 39.1. The Hall–Kier alpha value is -6.31. The lowest BCUT2D eigenvalue weighted by Gasteiger charge is -2.71. The average Bonchev–Trinajstić information content (AvgIpc) is 1.66. The molecule has 5 aliphatic carbocycles. The van der Waals surface area contributed by atoms with Crippen LogP contribution in [0.25, 0.3) is 0 Å². The number of unbranched alkanes of at least 4 members (excludes halogenated alkanes) is 7. The maximum absolute atomic E-state index is 17.3. The van der Waals surface area contributed by atoms with E-state index in [0.717, 1.165) is 92.9 Å². The molecule has 11 fully saturated rings. The van der Waals surface area contributed by atoms with Crippen molar-refractivity contribution < 1.29 is 114 Å². The van der Waals surface area contributed by atoms with Gasteiger partial charge in [0.05, 0.1) is 87.7 Å². The summed E-state index contributed by atoms with van der Waals surface area (Å²) in [5.41, 5.74) is 1.47. The third-order valence-electron chi connectivity index (χ3n) is 37.7. The van der Waals surface area contributed by atoms with E-state index in [1.165, 1.54) is 11.9 Å². The van der Waals surface area contributed by atoms with E-state index in [1.807, 2.05) is 156 Å². The van der Waals surface area contributed by atoms with Crippen LogP contribution in [0.1, 0.15) is 289 Å². The summed E-state index contributed by atoms with van der Waals surface area (Å²) >= 11 is 0. The minimum absolute atomic E-state index is 0.00581. The number of carbonyl (C=O) groups excluding carboxylic acids is 5. The van der Waals surface area contributed by atoms with Crippen LogP contribution < -0.4 is 5.32 Å². The van der Waals surface area contributed by atoms with Crippen molar-refractivity contribution in [3.63, 3.8) is 0 Å². The Morgan fingerprint density at radius 2 is 1.06 bits per heavy atom. The van der Waals surface area contributed by atoms with Crippen molar-refractivity contribution in [1.29, 1.82) is 0 Å². The van der Waals surface area contributed by atoms with Crippen LogP contribution in [-0.4, -0.2) is 192 Å². The first-order valence-corrected chi connectivity index (χ1v) is 55.2. The summed E-state index contributed by atoms with van der Waals surface area (Å²) in [5, 5.41) is 3.47. The Labute approximate surface area is 858 Å². The zero-order valence-electron chi connectivity index (χ0n) is 90.1. The molecule has 25 nitrogen and oxygen atoms in total. The number of rotatable bonds is 40. The van der Waals surface area contributed by atoms with Crippen LogP contribution in [0.4, 0.5) is 0 Å². The highest BCUT2D eigenvalue weighted by Crippen LogP contribution is 2.77. The Morgan fingerprint density at radius 3 is 1.70 bits per heavy atom. The molecular formula is C119H173NO24. The molecule has 144 heavy (non-hydrogen) atoms. The number of aldehydes is 1. The minimum Gasteiger partial charge on any atom is -0.461 e. The van der Waals surface area contributed by atoms with Crippen molar-refractivity contribution >= 4 is 29.9 Å². The number of hydrogen-bond donors (Lipinski definition) is 1. The minimum atomic E-state index is -1.41. The van der Waals surface area contributed by atoms with Crippen LogP contribution in [0.3, 0.4) is 0 Å². The zero-order chi connectivity index (χ0) is 103. The number of methoxy groups -OCH3 is 1. The maximum atomic E-state index is 17.3. The van der Waals surface area contributed by atoms with Crippen molar-refractivity contribution in [2.45, 2.75) is 428 Å². The molecule has 0 spiro atoms. The lowest BCUT2D eigenvalue weighted by molar-refractivity contribution is -0.374. The van der Waals surface area contributed by atoms with Gasteiger partial charge in [0.25, 0.3) is 0 Å². The summed E-state index contributed by atoms with van der Waals surface area (Å²) in [6.45, 7) is 45.0. The van der Waals surface area contributed by atoms with Gasteiger partial charge in [-0.15, -0.1) is 0 Å². The molecule has 4 aromatic carbocycles. The fourth-order valence-electron chi connectivity index (χ4n) is 28.1. The number of nitrogens with one attached hydrogen (secondary N) is 1. The van der Waals surface area contributed by atoms with Crippen molar-refractivity contribution in [3.05, 3.63) is 155 Å². The number of esters is 2. The van der Waals surface area contributed by atoms with Crippen LogP contribution in [-0.2, 0) is 140 Å². The van der Waals surface area contributed by atoms with Crippen LogP contribution in [0.15, 0.2) is 133 Å². The molecule has 1 amide bonds. The lowest BCUT2D eigenvalue weighted by atomic mass is 9.33. The van der Waals surface area contributed by atoms with Crippen LogP contribution >= 0.6 is 0 Å². The van der Waals surface area contributed by atoms with Gasteiger partial charge < -0.3 is 100 Å². The van der Waals surface area contributed by atoms with Gasteiger partial charge in [0.15, 0.2) is 43.0 Å². The maximum Gasteiger partial charge on any atom is 0.317 e. The second-order valence-electron chi connectivity index (χ2n) is 47.9. The molecule has 12 aliphatic rings. The van der Waals surface area contributed by atoms with Gasteiger partial charge in [0.1, 0.15) is 67.1 Å². The zero-order valence-corrected chi connectivity index (χ0v) is 90.1. The van der Waals surface area contributed by atoms with E-state index in [1.54, 1.807) is 14.0 Å². The molecular weight excluding hydrogens is 1830 g/mol. The molecule has 17 unspecified atom stereocenters. The molecule has 0 aromatic heterocycles. The van der Waals surface area contributed by atoms with E-state index in [-0.39, 0.29) is 109 Å². The molecule has 16 rings (SSSR count). The third kappa shape index (κ3) is 23.5. The van der Waals surface area contributed by atoms with Gasteiger partial charge >= 0.3 is 11.9 Å². The SMILES string of the molecule is CCC1O[C@@H](OC2[C@H](O[C@H]3CCC4(C)C5CC=C6C7CC(C)(C)CC[C@]7(C(=O)O[C@H]7OC(COCc8ccccc8)[C@H](NC(=O)CCCCCCCCCCC(=O)OCc8ccccc8)C(C)C7O[C@@H]7OC(C)[C@H](O[C@@H]8OC[C@@H](OCc9ccccc9)C(OCc9ccccc9)C8C)C8OC(C)(C)OC87)C(OC)C[C@@]6(C)[C@@]5(C)CC[C@H]4[C@@]3(C)C=O)OC(C(C)=O)[C@@H](C)[C@@H]2O[C@@H]2OC[C@@H](C)[C@H](C)C2C)C(C)[C@@H](C)[C@H]1C. The third-order valence-corrected chi connectivity index (χ3v) is 37.7. The summed E-state index contributed by atoms with van der Waals surface area (Å²) < 4.78 is 134. The number of Topliss-reactive ketones (excluding diaryl/α,β-unsaturated/α-hetero) is 1. The highest BCUT2D eigenvalue weighted by atomic mass is 16.8. The highest BCUT2D eigenvalue weighted by Gasteiger charge is 2.74. The Morgan fingerprint density at radius 1 is 0.486 bits per heavy atom. The monoisotopic (exact) mass is 2000 g/mol. The van der Waals surface area contributed by atoms with Gasteiger partial charge in [0.2, 0.25) is 12.2 Å². The molecule has 7 saturated heterocycles. The van der Waals surface area contributed by atoms with Crippen LogP contribution in [0, 0.1) is 104 Å². The first-order valence-electron chi connectivity index (χ1n) is 55.2. The smallest absolute Gasteiger partial charge is 0.317 e. The predicted octanol–water partition coefficient (Wildman–Crippen LogP) is 21.5. The van der Waals surface area contributed by atoms with E-state index in [9.17, 15) is 19.2 Å². The van der Waals surface area contributed by atoms with E-state index in [4.69, 9.17) is 90.0 Å². The number of benzene rings is 4. The van der Waals surface area contributed by atoms with Gasteiger partial charge in [-0.3, -0.25) is 19.2 Å². The lowest BCUT2D eigenvalue weighted by Crippen LogP contribution is -2.69. The second-order valence-corrected chi connectivity index (χ2v) is 47.9. The molecule has 25 heteroatoms. The molecule has 4 saturated carbocycles. The van der Waals surface area contributed by atoms with E-state index in [2.05, 4.69) is 108 Å². The predicted molar refractivity (Wildman–Crippen MR) is 544 cm³/mol. The van der Waals surface area contributed by atoms with Gasteiger partial charge in [-0.1, -0.05) is 282 Å². The van der Waals surface area contributed by atoms with Gasteiger partial charge in [0, 0.05) is 49.5 Å². The number of allylic oxidation sites excluding steroid dienone is 2. The van der Waals surface area contributed by atoms with Gasteiger partial charge in [-0.25, -0.2) is 0 Å². The van der Waals surface area contributed by atoms with E-state index >= 15 is 4.79 Å². The number of hydrogen-bond acceptors (Lipinski definition) is 24. The van der Waals surface area contributed by atoms with E-state index < -0.39 is 168 Å². The molecule has 798 valence electrons. The number of ether oxygens (including phenoxy) is 19. The van der Waals surface area contributed by atoms with Gasteiger partial charge in [-0.05, 0) is 190 Å². The average molecular weight is 2000 g/mol. The summed E-state index contributed by atoms with van der Waals surface area (Å²) in [4.78, 5) is 74.0. The fourth-order valence-corrected chi connectivity index (χ4v) is 28.1.